The van der Waals surface area contributed by atoms with Crippen LogP contribution in [0.2, 0.25) is 0 Å². The van der Waals surface area contributed by atoms with E-state index in [-0.39, 0.29) is 0 Å². The lowest BCUT2D eigenvalue weighted by molar-refractivity contribution is 0.151. The summed E-state index contributed by atoms with van der Waals surface area (Å²) in [5.41, 5.74) is 1.60. The van der Waals surface area contributed by atoms with Crippen molar-refractivity contribution in [2.45, 2.75) is 18.4 Å². The lowest BCUT2D eigenvalue weighted by Gasteiger charge is -2.07. The Morgan fingerprint density at radius 2 is 2.14 bits per heavy atom. The van der Waals surface area contributed by atoms with Gasteiger partial charge in [-0.15, -0.1) is 0 Å². The second-order valence-electron chi connectivity index (χ2n) is 3.93. The number of halogens is 1. The molecule has 0 aliphatic heterocycles. The molecule has 0 unspecified atom stereocenters. The molecule has 1 aliphatic carbocycles. The molecule has 2 aromatic rings. The van der Waals surface area contributed by atoms with Crippen LogP contribution in [0.5, 0.6) is 0 Å². The van der Waals surface area contributed by atoms with Crippen LogP contribution in [0.25, 0.3) is 10.9 Å². The van der Waals surface area contributed by atoms with E-state index in [0.29, 0.717) is 0 Å². The van der Waals surface area contributed by atoms with Crippen molar-refractivity contribution < 1.29 is 5.11 Å². The molecule has 1 saturated carbocycles. The summed E-state index contributed by atoms with van der Waals surface area (Å²) in [6.07, 6.45) is 3.70. The third-order valence-electron chi connectivity index (χ3n) is 2.89. The van der Waals surface area contributed by atoms with Gasteiger partial charge in [0.2, 0.25) is 0 Å². The third kappa shape index (κ3) is 1.12. The number of aromatic amines is 1. The van der Waals surface area contributed by atoms with E-state index >= 15 is 0 Å². The Morgan fingerprint density at radius 1 is 1.36 bits per heavy atom. The summed E-state index contributed by atoms with van der Waals surface area (Å²) in [6.45, 7) is 0. The molecule has 0 saturated heterocycles. The van der Waals surface area contributed by atoms with Gasteiger partial charge in [0.1, 0.15) is 0 Å². The number of benzene rings is 1. The van der Waals surface area contributed by atoms with E-state index in [1.54, 1.807) is 0 Å². The second kappa shape index (κ2) is 2.61. The number of rotatable bonds is 1. The average molecular weight is 252 g/mol. The molecule has 1 aromatic carbocycles. The summed E-state index contributed by atoms with van der Waals surface area (Å²) in [6, 6.07) is 6.08. The molecule has 0 spiro atoms. The molecule has 72 valence electrons. The third-order valence-corrected chi connectivity index (χ3v) is 3.55. The van der Waals surface area contributed by atoms with E-state index in [2.05, 4.69) is 27.0 Å². The van der Waals surface area contributed by atoms with Crippen LogP contribution in [0.3, 0.4) is 0 Å². The van der Waals surface area contributed by atoms with Gasteiger partial charge < -0.3 is 10.1 Å². The van der Waals surface area contributed by atoms with Gasteiger partial charge in [0, 0.05) is 21.6 Å². The number of fused-ring (bicyclic) bond motifs is 1. The summed E-state index contributed by atoms with van der Waals surface area (Å²) >= 11 is 3.48. The van der Waals surface area contributed by atoms with Gasteiger partial charge in [0.15, 0.2) is 0 Å². The normalized spacial score (nSPS) is 18.7. The van der Waals surface area contributed by atoms with Gasteiger partial charge in [-0.25, -0.2) is 0 Å². The maximum absolute atomic E-state index is 9.96. The number of H-pyrrole nitrogens is 1. The van der Waals surface area contributed by atoms with Crippen LogP contribution in [-0.2, 0) is 5.60 Å². The fraction of sp³-hybridized carbons (Fsp3) is 0.273. The Hall–Kier alpha value is -0.800. The molecule has 0 amide bonds. The zero-order chi connectivity index (χ0) is 9.76. The van der Waals surface area contributed by atoms with Gasteiger partial charge in [0.05, 0.1) is 5.60 Å². The van der Waals surface area contributed by atoms with Gasteiger partial charge in [0.25, 0.3) is 0 Å². The Morgan fingerprint density at radius 3 is 2.86 bits per heavy atom. The van der Waals surface area contributed by atoms with E-state index in [1.807, 2.05) is 18.3 Å². The molecule has 1 fully saturated rings. The fourth-order valence-corrected chi connectivity index (χ4v) is 2.23. The highest BCUT2D eigenvalue weighted by Crippen LogP contribution is 2.46. The quantitative estimate of drug-likeness (QED) is 0.804. The highest BCUT2D eigenvalue weighted by molar-refractivity contribution is 9.10. The first kappa shape index (κ1) is 8.50. The van der Waals surface area contributed by atoms with Crippen molar-refractivity contribution in [1.82, 2.24) is 4.98 Å². The summed E-state index contributed by atoms with van der Waals surface area (Å²) in [5, 5.41) is 11.1. The Balaban J connectivity index is 2.23. The minimum atomic E-state index is -0.537. The second-order valence-corrected chi connectivity index (χ2v) is 4.78. The Kier molecular flexibility index (Phi) is 1.59. The Bertz CT molecular complexity index is 499. The van der Waals surface area contributed by atoms with Crippen molar-refractivity contribution in [3.63, 3.8) is 0 Å². The van der Waals surface area contributed by atoms with E-state index in [9.17, 15) is 5.11 Å². The number of aromatic nitrogens is 1. The summed E-state index contributed by atoms with van der Waals surface area (Å²) in [7, 11) is 0. The first-order valence-corrected chi connectivity index (χ1v) is 5.48. The van der Waals surface area contributed by atoms with Crippen LogP contribution in [0.4, 0.5) is 0 Å². The van der Waals surface area contributed by atoms with Gasteiger partial charge in [-0.2, -0.15) is 0 Å². The minimum absolute atomic E-state index is 0.537. The molecule has 3 rings (SSSR count). The summed E-state index contributed by atoms with van der Waals surface area (Å²) < 4.78 is 1.05. The topological polar surface area (TPSA) is 36.0 Å². The molecule has 14 heavy (non-hydrogen) atoms. The first-order chi connectivity index (χ1) is 6.69. The monoisotopic (exact) mass is 251 g/mol. The molecule has 2 N–H and O–H groups in total. The molecular weight excluding hydrogens is 242 g/mol. The number of nitrogens with one attached hydrogen (secondary N) is 1. The van der Waals surface area contributed by atoms with Crippen molar-refractivity contribution in [2.75, 3.05) is 0 Å². The van der Waals surface area contributed by atoms with Gasteiger partial charge in [-0.3, -0.25) is 0 Å². The first-order valence-electron chi connectivity index (χ1n) is 4.69. The van der Waals surface area contributed by atoms with Crippen LogP contribution in [-0.4, -0.2) is 10.1 Å². The molecule has 0 radical (unpaired) electrons. The summed E-state index contributed by atoms with van der Waals surface area (Å²) in [4.78, 5) is 3.16. The molecule has 2 nitrogen and oxygen atoms in total. The van der Waals surface area contributed by atoms with Crippen LogP contribution in [0.1, 0.15) is 18.4 Å². The van der Waals surface area contributed by atoms with Crippen molar-refractivity contribution in [3.8, 4) is 0 Å². The molecule has 3 heteroatoms. The molecular formula is C11H10BrNO. The van der Waals surface area contributed by atoms with Crippen LogP contribution < -0.4 is 0 Å². The van der Waals surface area contributed by atoms with Crippen LogP contribution in [0, 0.1) is 0 Å². The summed E-state index contributed by atoms with van der Waals surface area (Å²) in [5.74, 6) is 0. The smallest absolute Gasteiger partial charge is 0.0899 e. The predicted molar refractivity (Wildman–Crippen MR) is 59.1 cm³/mol. The zero-order valence-corrected chi connectivity index (χ0v) is 9.13. The molecule has 0 atom stereocenters. The lowest BCUT2D eigenvalue weighted by atomic mass is 10.1. The molecule has 1 aromatic heterocycles. The Labute approximate surface area is 90.1 Å². The van der Waals surface area contributed by atoms with Crippen molar-refractivity contribution in [1.29, 1.82) is 0 Å². The maximum Gasteiger partial charge on any atom is 0.0899 e. The van der Waals surface area contributed by atoms with Crippen LogP contribution in [0.15, 0.2) is 28.9 Å². The maximum atomic E-state index is 9.96. The predicted octanol–water partition coefficient (Wildman–Crippen LogP) is 2.91. The lowest BCUT2D eigenvalue weighted by Crippen LogP contribution is -2.03. The fourth-order valence-electron chi connectivity index (χ4n) is 1.78. The van der Waals surface area contributed by atoms with E-state index in [4.69, 9.17) is 0 Å². The number of hydrogen-bond acceptors (Lipinski definition) is 1. The van der Waals surface area contributed by atoms with Crippen LogP contribution >= 0.6 is 15.9 Å². The van der Waals surface area contributed by atoms with Crippen molar-refractivity contribution in [2.24, 2.45) is 0 Å². The van der Waals surface area contributed by atoms with E-state index in [1.165, 1.54) is 0 Å². The molecule has 1 heterocycles. The van der Waals surface area contributed by atoms with Gasteiger partial charge >= 0.3 is 0 Å². The van der Waals surface area contributed by atoms with E-state index in [0.717, 1.165) is 33.8 Å². The van der Waals surface area contributed by atoms with Crippen molar-refractivity contribution >= 4 is 26.8 Å². The van der Waals surface area contributed by atoms with E-state index < -0.39 is 5.60 Å². The molecule has 1 aliphatic rings. The highest BCUT2D eigenvalue weighted by atomic mass is 79.9. The zero-order valence-electron chi connectivity index (χ0n) is 7.55. The largest absolute Gasteiger partial charge is 0.385 e. The minimum Gasteiger partial charge on any atom is -0.385 e. The van der Waals surface area contributed by atoms with Gasteiger partial charge in [-0.1, -0.05) is 6.07 Å². The van der Waals surface area contributed by atoms with Gasteiger partial charge in [-0.05, 0) is 46.5 Å². The standard InChI is InChI=1S/C11H10BrNO/c12-9-6-13-10-2-1-7(5-8(9)10)11(14)3-4-11/h1-2,5-6,13-14H,3-4H2. The highest BCUT2D eigenvalue weighted by Gasteiger charge is 2.42. The molecule has 0 bridgehead atoms. The number of hydrogen-bond donors (Lipinski definition) is 2. The van der Waals surface area contributed by atoms with Crippen molar-refractivity contribution in [3.05, 3.63) is 34.4 Å². The number of aliphatic hydroxyl groups is 1. The SMILES string of the molecule is OC1(c2ccc3[nH]cc(Br)c3c2)CC1. The average Bonchev–Trinajstić information content (AvgIpc) is 2.84.